The molecule has 0 fully saturated rings. The molecule has 0 unspecified atom stereocenters. The topological polar surface area (TPSA) is 72.7 Å². The van der Waals surface area contributed by atoms with E-state index < -0.39 is 0 Å². The molecule has 8 heteroatoms. The van der Waals surface area contributed by atoms with Crippen LogP contribution in [-0.2, 0) is 4.79 Å². The Morgan fingerprint density at radius 1 is 0.829 bits per heavy atom. The fraction of sp³-hybridized carbons (Fsp3) is 0.0370. The van der Waals surface area contributed by atoms with Gasteiger partial charge in [-0.1, -0.05) is 76.2 Å². The molecule has 0 bridgehead atoms. The lowest BCUT2D eigenvalue weighted by Gasteiger charge is -2.12. The average molecular weight is 542 g/mol. The number of hydrogen-bond acceptors (Lipinski definition) is 5. The van der Waals surface area contributed by atoms with E-state index in [0.717, 1.165) is 32.5 Å². The Bertz CT molecular complexity index is 1440. The first-order valence-electron chi connectivity index (χ1n) is 10.9. The van der Waals surface area contributed by atoms with Gasteiger partial charge in [-0.3, -0.25) is 14.3 Å². The number of halogens is 1. The van der Waals surface area contributed by atoms with Gasteiger partial charge in [0.05, 0.1) is 5.75 Å². The Kier molecular flexibility index (Phi) is 7.02. The highest BCUT2D eigenvalue weighted by Gasteiger charge is 2.18. The van der Waals surface area contributed by atoms with Gasteiger partial charge in [0.1, 0.15) is 0 Å². The van der Waals surface area contributed by atoms with Crippen LogP contribution in [0.25, 0.3) is 28.2 Å². The first-order valence-corrected chi connectivity index (χ1v) is 12.7. The van der Waals surface area contributed by atoms with E-state index in [-0.39, 0.29) is 11.7 Å². The number of pyridine rings is 1. The smallest absolute Gasteiger partial charge is 0.234 e. The van der Waals surface area contributed by atoms with Crippen LogP contribution in [0, 0.1) is 0 Å². The number of para-hydroxylation sites is 1. The molecular formula is C27H20BrN5OS. The van der Waals surface area contributed by atoms with Crippen LogP contribution < -0.4 is 5.32 Å². The maximum absolute atomic E-state index is 12.9. The minimum absolute atomic E-state index is 0.116. The lowest BCUT2D eigenvalue weighted by Crippen LogP contribution is -2.15. The molecule has 2 aromatic heterocycles. The lowest BCUT2D eigenvalue weighted by molar-refractivity contribution is -0.113. The van der Waals surface area contributed by atoms with E-state index in [1.165, 1.54) is 11.8 Å². The predicted molar refractivity (Wildman–Crippen MR) is 144 cm³/mol. The van der Waals surface area contributed by atoms with Gasteiger partial charge >= 0.3 is 0 Å². The first-order chi connectivity index (χ1) is 17.2. The van der Waals surface area contributed by atoms with Crippen molar-refractivity contribution in [1.29, 1.82) is 0 Å². The third-order valence-corrected chi connectivity index (χ3v) is 6.73. The summed E-state index contributed by atoms with van der Waals surface area (Å²) in [5.41, 5.74) is 4.60. The molecule has 1 N–H and O–H groups in total. The summed E-state index contributed by atoms with van der Waals surface area (Å²) in [6.45, 7) is 0. The molecule has 0 saturated heterocycles. The molecule has 0 aliphatic rings. The molecule has 0 radical (unpaired) electrons. The van der Waals surface area contributed by atoms with Crippen LogP contribution in [0.5, 0.6) is 0 Å². The van der Waals surface area contributed by atoms with Gasteiger partial charge in [-0.2, -0.15) is 0 Å². The Morgan fingerprint density at radius 2 is 1.54 bits per heavy atom. The number of benzene rings is 3. The summed E-state index contributed by atoms with van der Waals surface area (Å²) in [5.74, 6) is 0.759. The highest BCUT2D eigenvalue weighted by molar-refractivity contribution is 9.10. The second-order valence-corrected chi connectivity index (χ2v) is 9.46. The van der Waals surface area contributed by atoms with E-state index in [1.807, 2.05) is 95.6 Å². The molecule has 0 saturated carbocycles. The molecule has 2 heterocycles. The first kappa shape index (κ1) is 23.0. The summed E-state index contributed by atoms with van der Waals surface area (Å²) >= 11 is 4.83. The van der Waals surface area contributed by atoms with E-state index in [4.69, 9.17) is 0 Å². The van der Waals surface area contributed by atoms with Crippen molar-refractivity contribution in [2.24, 2.45) is 0 Å². The van der Waals surface area contributed by atoms with Gasteiger partial charge < -0.3 is 5.32 Å². The summed E-state index contributed by atoms with van der Waals surface area (Å²) < 4.78 is 2.93. The molecule has 0 atom stereocenters. The molecule has 6 nitrogen and oxygen atoms in total. The Hall–Kier alpha value is -3.75. The number of amides is 1. The van der Waals surface area contributed by atoms with Crippen LogP contribution in [0.15, 0.2) is 113 Å². The summed E-state index contributed by atoms with van der Waals surface area (Å²) in [7, 11) is 0. The summed E-state index contributed by atoms with van der Waals surface area (Å²) in [4.78, 5) is 17.0. The van der Waals surface area contributed by atoms with Crippen molar-refractivity contribution in [3.63, 3.8) is 0 Å². The molecular weight excluding hydrogens is 522 g/mol. The fourth-order valence-electron chi connectivity index (χ4n) is 3.65. The summed E-state index contributed by atoms with van der Waals surface area (Å²) in [6.07, 6.45) is 3.45. The molecule has 5 rings (SSSR count). The van der Waals surface area contributed by atoms with Crippen molar-refractivity contribution < 1.29 is 4.79 Å². The third kappa shape index (κ3) is 5.34. The van der Waals surface area contributed by atoms with Crippen molar-refractivity contribution in [3.05, 3.63) is 108 Å². The number of hydrogen-bond donors (Lipinski definition) is 1. The minimum Gasteiger partial charge on any atom is -0.325 e. The quantitative estimate of drug-likeness (QED) is 0.238. The van der Waals surface area contributed by atoms with Crippen molar-refractivity contribution in [2.45, 2.75) is 5.16 Å². The van der Waals surface area contributed by atoms with Crippen LogP contribution in [-0.4, -0.2) is 31.4 Å². The zero-order valence-electron chi connectivity index (χ0n) is 18.5. The van der Waals surface area contributed by atoms with Crippen LogP contribution in [0.1, 0.15) is 0 Å². The zero-order valence-corrected chi connectivity index (χ0v) is 20.9. The highest BCUT2D eigenvalue weighted by atomic mass is 79.9. The van der Waals surface area contributed by atoms with Gasteiger partial charge in [0, 0.05) is 39.4 Å². The number of nitrogens with zero attached hydrogens (tertiary/aromatic N) is 4. The van der Waals surface area contributed by atoms with E-state index in [0.29, 0.717) is 11.0 Å². The van der Waals surface area contributed by atoms with Crippen LogP contribution in [0.3, 0.4) is 0 Å². The van der Waals surface area contributed by atoms with Gasteiger partial charge in [0.25, 0.3) is 0 Å². The van der Waals surface area contributed by atoms with Gasteiger partial charge in [0.15, 0.2) is 11.0 Å². The van der Waals surface area contributed by atoms with Gasteiger partial charge in [0.2, 0.25) is 5.91 Å². The molecule has 35 heavy (non-hydrogen) atoms. The van der Waals surface area contributed by atoms with Gasteiger partial charge in [-0.15, -0.1) is 10.2 Å². The van der Waals surface area contributed by atoms with E-state index in [2.05, 4.69) is 36.4 Å². The third-order valence-electron chi connectivity index (χ3n) is 5.28. The Morgan fingerprint density at radius 3 is 2.31 bits per heavy atom. The SMILES string of the molecule is O=C(CSc1nnc(-c2ccncc2)n1-c1ccc(Br)cc1)Nc1ccccc1-c1ccccc1. The number of thioether (sulfide) groups is 1. The molecule has 3 aromatic carbocycles. The monoisotopic (exact) mass is 541 g/mol. The number of carbonyl (C=O) groups excluding carboxylic acids is 1. The molecule has 5 aromatic rings. The Balaban J connectivity index is 1.38. The summed E-state index contributed by atoms with van der Waals surface area (Å²) in [5, 5.41) is 12.5. The van der Waals surface area contributed by atoms with Crippen LogP contribution in [0.4, 0.5) is 5.69 Å². The van der Waals surface area contributed by atoms with E-state index in [9.17, 15) is 4.79 Å². The fourth-order valence-corrected chi connectivity index (χ4v) is 4.67. The normalized spacial score (nSPS) is 10.8. The molecule has 172 valence electrons. The minimum atomic E-state index is -0.116. The second-order valence-electron chi connectivity index (χ2n) is 7.60. The number of aromatic nitrogens is 4. The molecule has 0 spiro atoms. The Labute approximate surface area is 215 Å². The molecule has 0 aliphatic heterocycles. The maximum atomic E-state index is 12.9. The lowest BCUT2D eigenvalue weighted by atomic mass is 10.0. The van der Waals surface area contributed by atoms with Crippen molar-refractivity contribution in [1.82, 2.24) is 19.7 Å². The molecule has 1 amide bonds. The molecule has 0 aliphatic carbocycles. The van der Waals surface area contributed by atoms with E-state index in [1.54, 1.807) is 12.4 Å². The number of anilines is 1. The summed E-state index contributed by atoms with van der Waals surface area (Å²) in [6, 6.07) is 29.5. The maximum Gasteiger partial charge on any atom is 0.234 e. The number of rotatable bonds is 7. The predicted octanol–water partition coefficient (Wildman–Crippen LogP) is 6.49. The highest BCUT2D eigenvalue weighted by Crippen LogP contribution is 2.30. The van der Waals surface area contributed by atoms with Crippen LogP contribution in [0.2, 0.25) is 0 Å². The van der Waals surface area contributed by atoms with Crippen molar-refractivity contribution in [3.8, 4) is 28.2 Å². The number of nitrogens with one attached hydrogen (secondary N) is 1. The van der Waals surface area contributed by atoms with Gasteiger partial charge in [-0.05, 0) is 48.0 Å². The standard InChI is InChI=1S/C27H20BrN5OS/c28-21-10-12-22(13-11-21)33-26(20-14-16-29-17-15-20)31-32-27(33)35-18-25(34)30-24-9-5-4-8-23(24)19-6-2-1-3-7-19/h1-17H,18H2,(H,30,34). The van der Waals surface area contributed by atoms with E-state index >= 15 is 0 Å². The number of carbonyl (C=O) groups is 1. The van der Waals surface area contributed by atoms with Crippen molar-refractivity contribution >= 4 is 39.3 Å². The largest absolute Gasteiger partial charge is 0.325 e. The van der Waals surface area contributed by atoms with Crippen molar-refractivity contribution in [2.75, 3.05) is 11.1 Å². The zero-order chi connectivity index (χ0) is 24.0. The average Bonchev–Trinajstić information content (AvgIpc) is 3.33. The van der Waals surface area contributed by atoms with Gasteiger partial charge in [-0.25, -0.2) is 0 Å². The van der Waals surface area contributed by atoms with Crippen LogP contribution >= 0.6 is 27.7 Å². The second kappa shape index (κ2) is 10.7.